The molecular weight excluding hydrogens is 128 g/mol. The molecule has 3 nitrogen and oxygen atoms in total. The van der Waals surface area contributed by atoms with Crippen LogP contribution in [0.2, 0.25) is 0 Å². The molecule has 0 amide bonds. The molecular formula is C7H12N2O. The number of nitrogens with two attached hydrogens (primary N) is 2. The van der Waals surface area contributed by atoms with Gasteiger partial charge in [0.25, 0.3) is 0 Å². The molecule has 0 fully saturated rings. The molecule has 2 unspecified atom stereocenters. The van der Waals surface area contributed by atoms with Gasteiger partial charge >= 0.3 is 0 Å². The van der Waals surface area contributed by atoms with Crippen LogP contribution in [0, 0.1) is 0 Å². The number of hydrogen-bond donors (Lipinski definition) is 3. The van der Waals surface area contributed by atoms with Gasteiger partial charge in [0.1, 0.15) is 0 Å². The second kappa shape index (κ2) is 2.54. The van der Waals surface area contributed by atoms with Crippen molar-refractivity contribution in [3.05, 3.63) is 24.3 Å². The van der Waals surface area contributed by atoms with Crippen molar-refractivity contribution >= 4 is 0 Å². The van der Waals surface area contributed by atoms with Crippen molar-refractivity contribution in [2.75, 3.05) is 6.61 Å². The van der Waals surface area contributed by atoms with Gasteiger partial charge < -0.3 is 16.6 Å². The highest BCUT2D eigenvalue weighted by atomic mass is 16.3. The van der Waals surface area contributed by atoms with Crippen LogP contribution in [0.25, 0.3) is 0 Å². The summed E-state index contributed by atoms with van der Waals surface area (Å²) >= 11 is 0. The fourth-order valence-electron chi connectivity index (χ4n) is 0.867. The number of allylic oxidation sites excluding steroid dienone is 2. The van der Waals surface area contributed by atoms with E-state index in [1.807, 2.05) is 6.08 Å². The summed E-state index contributed by atoms with van der Waals surface area (Å²) in [7, 11) is 0. The first-order valence-corrected chi connectivity index (χ1v) is 3.20. The molecule has 1 rings (SSSR count). The quantitative estimate of drug-likeness (QED) is 0.443. The predicted octanol–water partition coefficient (Wildman–Crippen LogP) is -0.871. The summed E-state index contributed by atoms with van der Waals surface area (Å²) in [5.74, 6) is 0. The fraction of sp³-hybridized carbons (Fsp3) is 0.429. The zero-order valence-electron chi connectivity index (χ0n) is 5.70. The van der Waals surface area contributed by atoms with Gasteiger partial charge in [-0.2, -0.15) is 0 Å². The van der Waals surface area contributed by atoms with E-state index in [0.717, 1.165) is 0 Å². The van der Waals surface area contributed by atoms with E-state index < -0.39 is 5.54 Å². The third-order valence-electron chi connectivity index (χ3n) is 1.73. The summed E-state index contributed by atoms with van der Waals surface area (Å²) in [6, 6.07) is -0.275. The number of rotatable bonds is 1. The second-order valence-electron chi connectivity index (χ2n) is 2.54. The Bertz CT molecular complexity index is 176. The minimum Gasteiger partial charge on any atom is -0.394 e. The highest BCUT2D eigenvalue weighted by molar-refractivity contribution is 5.26. The molecule has 0 saturated carbocycles. The molecule has 56 valence electrons. The predicted molar refractivity (Wildman–Crippen MR) is 40.3 cm³/mol. The van der Waals surface area contributed by atoms with Crippen molar-refractivity contribution in [1.82, 2.24) is 0 Å². The van der Waals surface area contributed by atoms with Gasteiger partial charge in [-0.25, -0.2) is 0 Å². The highest BCUT2D eigenvalue weighted by Gasteiger charge is 2.28. The van der Waals surface area contributed by atoms with Gasteiger partial charge in [0.15, 0.2) is 0 Å². The van der Waals surface area contributed by atoms with Gasteiger partial charge in [-0.3, -0.25) is 0 Å². The fourth-order valence-corrected chi connectivity index (χ4v) is 0.867. The molecule has 0 aromatic rings. The van der Waals surface area contributed by atoms with E-state index >= 15 is 0 Å². The van der Waals surface area contributed by atoms with Gasteiger partial charge in [-0.15, -0.1) is 0 Å². The highest BCUT2D eigenvalue weighted by Crippen LogP contribution is 2.11. The average molecular weight is 140 g/mol. The molecule has 0 saturated heterocycles. The Morgan fingerprint density at radius 2 is 2.20 bits per heavy atom. The van der Waals surface area contributed by atoms with Crippen LogP contribution in [-0.2, 0) is 0 Å². The number of hydrogen-bond acceptors (Lipinski definition) is 3. The maximum absolute atomic E-state index is 8.83. The lowest BCUT2D eigenvalue weighted by molar-refractivity contribution is 0.216. The summed E-state index contributed by atoms with van der Waals surface area (Å²) in [6.07, 6.45) is 7.11. The van der Waals surface area contributed by atoms with Crippen LogP contribution >= 0.6 is 0 Å². The maximum Gasteiger partial charge on any atom is 0.0766 e. The Kier molecular flexibility index (Phi) is 1.89. The first kappa shape index (κ1) is 7.47. The lowest BCUT2D eigenvalue weighted by Crippen LogP contribution is -2.56. The van der Waals surface area contributed by atoms with E-state index in [1.165, 1.54) is 0 Å². The van der Waals surface area contributed by atoms with E-state index in [9.17, 15) is 0 Å². The van der Waals surface area contributed by atoms with Gasteiger partial charge in [0.05, 0.1) is 12.1 Å². The Hall–Kier alpha value is -0.640. The van der Waals surface area contributed by atoms with Crippen molar-refractivity contribution in [1.29, 1.82) is 0 Å². The number of aliphatic hydroxyl groups excluding tert-OH is 1. The van der Waals surface area contributed by atoms with Crippen LogP contribution < -0.4 is 11.5 Å². The molecule has 2 atom stereocenters. The molecule has 0 aromatic heterocycles. The topological polar surface area (TPSA) is 72.3 Å². The molecule has 1 aliphatic carbocycles. The molecule has 0 aromatic carbocycles. The standard InChI is InChI=1S/C7H12N2O/c8-6-3-1-2-4-7(6,9)5-10/h1-4,6,10H,5,8-9H2. The molecule has 5 N–H and O–H groups in total. The largest absolute Gasteiger partial charge is 0.394 e. The van der Waals surface area contributed by atoms with Crippen molar-refractivity contribution in [3.63, 3.8) is 0 Å². The summed E-state index contributed by atoms with van der Waals surface area (Å²) in [4.78, 5) is 0. The van der Waals surface area contributed by atoms with Gasteiger partial charge in [0, 0.05) is 6.04 Å². The minimum atomic E-state index is -0.755. The SMILES string of the molecule is NC1C=CC=CC1(N)CO. The lowest BCUT2D eigenvalue weighted by atomic mass is 9.89. The number of aliphatic hydroxyl groups is 1. The molecule has 3 heteroatoms. The van der Waals surface area contributed by atoms with Crippen LogP contribution in [0.4, 0.5) is 0 Å². The zero-order chi connectivity index (χ0) is 7.61. The van der Waals surface area contributed by atoms with Crippen molar-refractivity contribution in [2.45, 2.75) is 11.6 Å². The lowest BCUT2D eigenvalue weighted by Gasteiger charge is -2.29. The van der Waals surface area contributed by atoms with E-state index in [1.54, 1.807) is 18.2 Å². The van der Waals surface area contributed by atoms with Crippen molar-refractivity contribution in [2.24, 2.45) is 11.5 Å². The molecule has 0 radical (unpaired) electrons. The molecule has 0 spiro atoms. The molecule has 0 aliphatic heterocycles. The van der Waals surface area contributed by atoms with Crippen molar-refractivity contribution < 1.29 is 5.11 Å². The smallest absolute Gasteiger partial charge is 0.0766 e. The van der Waals surface area contributed by atoms with Gasteiger partial charge in [-0.05, 0) is 0 Å². The van der Waals surface area contributed by atoms with Crippen LogP contribution in [0.3, 0.4) is 0 Å². The van der Waals surface area contributed by atoms with E-state index in [4.69, 9.17) is 16.6 Å². The monoisotopic (exact) mass is 140 g/mol. The second-order valence-corrected chi connectivity index (χ2v) is 2.54. The van der Waals surface area contributed by atoms with Crippen LogP contribution in [0.1, 0.15) is 0 Å². The Labute approximate surface area is 60.0 Å². The summed E-state index contributed by atoms with van der Waals surface area (Å²) in [6.45, 7) is -0.116. The van der Waals surface area contributed by atoms with E-state index in [2.05, 4.69) is 0 Å². The summed E-state index contributed by atoms with van der Waals surface area (Å²) in [5, 5.41) is 8.83. The van der Waals surface area contributed by atoms with Crippen LogP contribution in [-0.4, -0.2) is 23.3 Å². The van der Waals surface area contributed by atoms with Crippen LogP contribution in [0.5, 0.6) is 0 Å². The summed E-state index contributed by atoms with van der Waals surface area (Å²) < 4.78 is 0. The van der Waals surface area contributed by atoms with Crippen LogP contribution in [0.15, 0.2) is 24.3 Å². The Balaban J connectivity index is 2.77. The molecule has 0 heterocycles. The van der Waals surface area contributed by atoms with E-state index in [-0.39, 0.29) is 12.6 Å². The summed E-state index contributed by atoms with van der Waals surface area (Å²) in [5.41, 5.74) is 10.5. The van der Waals surface area contributed by atoms with Gasteiger partial charge in [-0.1, -0.05) is 24.3 Å². The first-order chi connectivity index (χ1) is 4.69. The van der Waals surface area contributed by atoms with Crippen molar-refractivity contribution in [3.8, 4) is 0 Å². The molecule has 0 bridgehead atoms. The average Bonchev–Trinajstić information content (AvgIpc) is 1.96. The molecule has 10 heavy (non-hydrogen) atoms. The van der Waals surface area contributed by atoms with Gasteiger partial charge in [0.2, 0.25) is 0 Å². The Morgan fingerprint density at radius 3 is 2.60 bits per heavy atom. The Morgan fingerprint density at radius 1 is 1.50 bits per heavy atom. The first-order valence-electron chi connectivity index (χ1n) is 3.20. The molecule has 1 aliphatic rings. The normalized spacial score (nSPS) is 38.5. The third kappa shape index (κ3) is 1.11. The zero-order valence-corrected chi connectivity index (χ0v) is 5.70. The van der Waals surface area contributed by atoms with E-state index in [0.29, 0.717) is 0 Å². The maximum atomic E-state index is 8.83. The minimum absolute atomic E-state index is 0.116. The third-order valence-corrected chi connectivity index (χ3v) is 1.73.